The highest BCUT2D eigenvalue weighted by Gasteiger charge is 2.21. The van der Waals surface area contributed by atoms with Crippen LogP contribution >= 0.6 is 34.3 Å². The van der Waals surface area contributed by atoms with Crippen molar-refractivity contribution in [1.82, 2.24) is 19.5 Å². The maximum Gasteiger partial charge on any atom is 0.359 e. The van der Waals surface area contributed by atoms with Crippen LogP contribution in [0, 0.1) is 0 Å². The molecule has 7 nitrogen and oxygen atoms in total. The Bertz CT molecular complexity index is 973. The molecule has 0 aromatic carbocycles. The molecule has 116 valence electrons. The number of hydrogen-bond acceptors (Lipinski definition) is 8. The molecule has 4 aromatic rings. The van der Waals surface area contributed by atoms with Gasteiger partial charge >= 0.3 is 5.97 Å². The Balaban J connectivity index is 1.50. The molecule has 0 bridgehead atoms. The maximum absolute atomic E-state index is 12.2. The number of carbonyl (C=O) groups is 1. The minimum Gasteiger partial charge on any atom is -0.451 e. The van der Waals surface area contributed by atoms with Crippen LogP contribution in [0.3, 0.4) is 0 Å². The van der Waals surface area contributed by atoms with Gasteiger partial charge in [0.1, 0.15) is 0 Å². The van der Waals surface area contributed by atoms with Crippen molar-refractivity contribution < 1.29 is 14.1 Å². The normalized spacial score (nSPS) is 11.2. The van der Waals surface area contributed by atoms with Crippen LogP contribution in [0.4, 0.5) is 0 Å². The van der Waals surface area contributed by atoms with E-state index in [1.54, 1.807) is 16.0 Å². The van der Waals surface area contributed by atoms with E-state index in [4.69, 9.17) is 20.9 Å². The highest BCUT2D eigenvalue weighted by atomic mass is 35.5. The summed E-state index contributed by atoms with van der Waals surface area (Å²) in [5.41, 5.74) is 0.181. The standard InChI is InChI=1S/C13H7ClN4O3S2/c14-10-9(18-3-5-23-13(18)16-10)12(19)20-6-8-15-11(17-21-8)7-2-1-4-22-7/h1-5H,6H2. The molecule has 0 radical (unpaired) electrons. The fraction of sp³-hybridized carbons (Fsp3) is 0.0769. The van der Waals surface area contributed by atoms with Gasteiger partial charge < -0.3 is 9.26 Å². The third-order valence-electron chi connectivity index (χ3n) is 2.95. The number of imidazole rings is 1. The maximum atomic E-state index is 12.2. The lowest BCUT2D eigenvalue weighted by Crippen LogP contribution is -2.08. The molecule has 0 aliphatic heterocycles. The summed E-state index contributed by atoms with van der Waals surface area (Å²) < 4.78 is 11.8. The highest BCUT2D eigenvalue weighted by Crippen LogP contribution is 2.23. The summed E-state index contributed by atoms with van der Waals surface area (Å²) in [4.78, 5) is 22.0. The molecule has 4 heterocycles. The van der Waals surface area contributed by atoms with E-state index in [0.717, 1.165) is 4.88 Å². The summed E-state index contributed by atoms with van der Waals surface area (Å²) in [6.45, 7) is -0.134. The number of thiazole rings is 1. The Morgan fingerprint density at radius 2 is 2.26 bits per heavy atom. The molecule has 23 heavy (non-hydrogen) atoms. The fourth-order valence-corrected chi connectivity index (χ4v) is 3.62. The van der Waals surface area contributed by atoms with Gasteiger partial charge in [-0.2, -0.15) is 4.98 Å². The molecule has 0 atom stereocenters. The lowest BCUT2D eigenvalue weighted by molar-refractivity contribution is 0.0422. The number of aromatic nitrogens is 4. The quantitative estimate of drug-likeness (QED) is 0.514. The summed E-state index contributed by atoms with van der Waals surface area (Å²) in [6.07, 6.45) is 1.71. The third-order valence-corrected chi connectivity index (χ3v) is 4.84. The number of hydrogen-bond donors (Lipinski definition) is 0. The third kappa shape index (κ3) is 2.62. The van der Waals surface area contributed by atoms with Crippen LogP contribution < -0.4 is 0 Å². The first-order valence-corrected chi connectivity index (χ1v) is 8.51. The second-order valence-corrected chi connectivity index (χ2v) is 6.55. The van der Waals surface area contributed by atoms with Crippen LogP contribution in [0.2, 0.25) is 5.15 Å². The number of thiophene rings is 1. The average Bonchev–Trinajstić information content (AvgIpc) is 3.28. The van der Waals surface area contributed by atoms with Crippen molar-refractivity contribution in [2.75, 3.05) is 0 Å². The molecule has 0 aliphatic rings. The van der Waals surface area contributed by atoms with Gasteiger partial charge in [0, 0.05) is 11.6 Å². The summed E-state index contributed by atoms with van der Waals surface area (Å²) in [7, 11) is 0. The molecule has 0 N–H and O–H groups in total. The lowest BCUT2D eigenvalue weighted by Gasteiger charge is -2.00. The van der Waals surface area contributed by atoms with Gasteiger partial charge in [0.05, 0.1) is 4.88 Å². The SMILES string of the molecule is O=C(OCc1nc(-c2cccs2)no1)c1c(Cl)nc2sccn12. The Labute approximate surface area is 142 Å². The van der Waals surface area contributed by atoms with Gasteiger partial charge in [-0.05, 0) is 11.4 Å². The van der Waals surface area contributed by atoms with E-state index in [9.17, 15) is 4.79 Å². The fourth-order valence-electron chi connectivity index (χ4n) is 1.96. The molecule has 0 spiro atoms. The van der Waals surface area contributed by atoms with Crippen molar-refractivity contribution in [3.8, 4) is 10.7 Å². The van der Waals surface area contributed by atoms with E-state index in [0.29, 0.717) is 10.8 Å². The van der Waals surface area contributed by atoms with E-state index in [1.165, 1.54) is 22.7 Å². The van der Waals surface area contributed by atoms with Gasteiger partial charge in [-0.1, -0.05) is 22.8 Å². The molecule has 0 amide bonds. The molecule has 0 aliphatic carbocycles. The Morgan fingerprint density at radius 3 is 3.09 bits per heavy atom. The number of fused-ring (bicyclic) bond motifs is 1. The summed E-state index contributed by atoms with van der Waals surface area (Å²) in [5, 5.41) is 7.68. The Kier molecular flexibility index (Phi) is 3.60. The van der Waals surface area contributed by atoms with Crippen LogP contribution in [0.25, 0.3) is 15.7 Å². The summed E-state index contributed by atoms with van der Waals surface area (Å²) in [5.74, 6) is 0.0781. The van der Waals surface area contributed by atoms with Gasteiger partial charge in [0.15, 0.2) is 22.4 Å². The highest BCUT2D eigenvalue weighted by molar-refractivity contribution is 7.15. The second-order valence-electron chi connectivity index (χ2n) is 4.37. The van der Waals surface area contributed by atoms with Crippen LogP contribution in [0.1, 0.15) is 16.4 Å². The monoisotopic (exact) mass is 366 g/mol. The van der Waals surface area contributed by atoms with E-state index < -0.39 is 5.97 Å². The van der Waals surface area contributed by atoms with E-state index in [2.05, 4.69) is 15.1 Å². The van der Waals surface area contributed by atoms with Crippen molar-refractivity contribution in [1.29, 1.82) is 0 Å². The van der Waals surface area contributed by atoms with Crippen LogP contribution in [0.5, 0.6) is 0 Å². The first-order chi connectivity index (χ1) is 11.2. The molecule has 0 fully saturated rings. The Morgan fingerprint density at radius 1 is 1.35 bits per heavy atom. The van der Waals surface area contributed by atoms with Crippen LogP contribution in [-0.4, -0.2) is 25.5 Å². The second kappa shape index (κ2) is 5.76. The van der Waals surface area contributed by atoms with Gasteiger partial charge in [-0.25, -0.2) is 9.78 Å². The molecular formula is C13H7ClN4O3S2. The summed E-state index contributed by atoms with van der Waals surface area (Å²) >= 11 is 8.85. The predicted molar refractivity (Wildman–Crippen MR) is 84.8 cm³/mol. The lowest BCUT2D eigenvalue weighted by atomic mass is 10.4. The van der Waals surface area contributed by atoms with Crippen molar-refractivity contribution in [3.05, 3.63) is 45.8 Å². The Hall–Kier alpha value is -2.23. The predicted octanol–water partition coefficient (Wildman–Crippen LogP) is 3.52. The van der Waals surface area contributed by atoms with Gasteiger partial charge in [-0.15, -0.1) is 22.7 Å². The largest absolute Gasteiger partial charge is 0.451 e. The minimum atomic E-state index is -0.600. The van der Waals surface area contributed by atoms with E-state index in [-0.39, 0.29) is 23.3 Å². The number of rotatable bonds is 4. The average molecular weight is 367 g/mol. The zero-order valence-corrected chi connectivity index (χ0v) is 13.7. The topological polar surface area (TPSA) is 82.5 Å². The molecule has 0 unspecified atom stereocenters. The van der Waals surface area contributed by atoms with E-state index >= 15 is 0 Å². The molecule has 0 saturated carbocycles. The number of ether oxygens (including phenoxy) is 1. The molecular weight excluding hydrogens is 360 g/mol. The zero-order chi connectivity index (χ0) is 15.8. The van der Waals surface area contributed by atoms with Crippen LogP contribution in [-0.2, 0) is 11.3 Å². The first kappa shape index (κ1) is 14.4. The molecule has 4 rings (SSSR count). The van der Waals surface area contributed by atoms with Crippen molar-refractivity contribution >= 4 is 45.2 Å². The minimum absolute atomic E-state index is 0.103. The van der Waals surface area contributed by atoms with E-state index in [1.807, 2.05) is 17.5 Å². The molecule has 4 aromatic heterocycles. The van der Waals surface area contributed by atoms with Crippen molar-refractivity contribution in [2.24, 2.45) is 0 Å². The van der Waals surface area contributed by atoms with Crippen LogP contribution in [0.15, 0.2) is 33.6 Å². The number of nitrogens with zero attached hydrogens (tertiary/aromatic N) is 4. The number of esters is 1. The smallest absolute Gasteiger partial charge is 0.359 e. The van der Waals surface area contributed by atoms with Crippen molar-refractivity contribution in [3.63, 3.8) is 0 Å². The van der Waals surface area contributed by atoms with Gasteiger partial charge in [0.2, 0.25) is 5.82 Å². The zero-order valence-electron chi connectivity index (χ0n) is 11.3. The number of carbonyl (C=O) groups excluding carboxylic acids is 1. The molecule has 0 saturated heterocycles. The number of halogens is 1. The van der Waals surface area contributed by atoms with Crippen molar-refractivity contribution in [2.45, 2.75) is 6.61 Å². The molecule has 10 heteroatoms. The van der Waals surface area contributed by atoms with Gasteiger partial charge in [0.25, 0.3) is 5.89 Å². The first-order valence-electron chi connectivity index (χ1n) is 6.37. The van der Waals surface area contributed by atoms with Gasteiger partial charge in [-0.3, -0.25) is 4.40 Å². The summed E-state index contributed by atoms with van der Waals surface area (Å²) in [6, 6.07) is 3.77.